The molecule has 0 radical (unpaired) electrons. The first-order chi connectivity index (χ1) is 9.37. The van der Waals surface area contributed by atoms with Crippen LogP contribution in [0.4, 0.5) is 5.69 Å². The summed E-state index contributed by atoms with van der Waals surface area (Å²) in [6.45, 7) is 0.427. The number of anilines is 1. The average molecular weight is 297 g/mol. The number of hydrogen-bond donors (Lipinski definition) is 2. The lowest BCUT2D eigenvalue weighted by atomic mass is 9.97. The van der Waals surface area contributed by atoms with Gasteiger partial charge in [-0.3, -0.25) is 0 Å². The van der Waals surface area contributed by atoms with Crippen LogP contribution in [0.2, 0.25) is 0 Å². The van der Waals surface area contributed by atoms with E-state index in [0.717, 1.165) is 25.7 Å². The number of nitrogens with one attached hydrogen (secondary N) is 1. The standard InChI is InChI=1S/C14H23N3O2S/c1-17(2)14(9-5-6-10-14)11-16-20(18,19)13-8-4-3-7-12(13)15/h3-4,7-8,16H,5-6,9-11,15H2,1-2H3. The average Bonchev–Trinajstić information content (AvgIpc) is 2.87. The van der Waals surface area contributed by atoms with Crippen LogP contribution in [-0.2, 0) is 10.0 Å². The predicted molar refractivity (Wildman–Crippen MR) is 80.9 cm³/mol. The molecular weight excluding hydrogens is 274 g/mol. The summed E-state index contributed by atoms with van der Waals surface area (Å²) in [5, 5.41) is 0. The number of nitrogen functional groups attached to an aromatic ring is 1. The second-order valence-corrected chi connectivity index (χ2v) is 7.42. The van der Waals surface area contributed by atoms with Gasteiger partial charge in [0, 0.05) is 12.1 Å². The summed E-state index contributed by atoms with van der Waals surface area (Å²) in [4.78, 5) is 2.29. The molecule has 0 aromatic heterocycles. The molecule has 1 aromatic carbocycles. The van der Waals surface area contributed by atoms with Crippen LogP contribution >= 0.6 is 0 Å². The van der Waals surface area contributed by atoms with Crippen LogP contribution in [0.1, 0.15) is 25.7 Å². The van der Waals surface area contributed by atoms with Crippen molar-refractivity contribution >= 4 is 15.7 Å². The summed E-state index contributed by atoms with van der Waals surface area (Å²) < 4.78 is 27.5. The van der Waals surface area contributed by atoms with Gasteiger partial charge in [-0.1, -0.05) is 25.0 Å². The molecule has 0 bridgehead atoms. The molecule has 0 heterocycles. The first kappa shape index (κ1) is 15.3. The molecule has 1 aromatic rings. The number of benzene rings is 1. The minimum atomic E-state index is -3.55. The van der Waals surface area contributed by atoms with Crippen LogP contribution in [-0.4, -0.2) is 39.5 Å². The van der Waals surface area contributed by atoms with E-state index < -0.39 is 10.0 Å². The Morgan fingerprint density at radius 2 is 1.85 bits per heavy atom. The highest BCUT2D eigenvalue weighted by molar-refractivity contribution is 7.89. The van der Waals surface area contributed by atoms with Crippen LogP contribution in [0.5, 0.6) is 0 Å². The van der Waals surface area contributed by atoms with Gasteiger partial charge in [-0.25, -0.2) is 13.1 Å². The lowest BCUT2D eigenvalue weighted by molar-refractivity contribution is 0.162. The third-order valence-corrected chi connectivity index (χ3v) is 5.76. The van der Waals surface area contributed by atoms with E-state index in [1.54, 1.807) is 18.2 Å². The van der Waals surface area contributed by atoms with Crippen molar-refractivity contribution in [3.05, 3.63) is 24.3 Å². The van der Waals surface area contributed by atoms with Crippen molar-refractivity contribution in [2.24, 2.45) is 0 Å². The minimum absolute atomic E-state index is 0.0728. The number of para-hydroxylation sites is 1. The van der Waals surface area contributed by atoms with Gasteiger partial charge in [0.2, 0.25) is 10.0 Å². The zero-order chi connectivity index (χ0) is 14.8. The third-order valence-electron chi connectivity index (χ3n) is 4.28. The quantitative estimate of drug-likeness (QED) is 0.806. The van der Waals surface area contributed by atoms with E-state index in [4.69, 9.17) is 5.73 Å². The minimum Gasteiger partial charge on any atom is -0.398 e. The molecule has 1 aliphatic carbocycles. The largest absolute Gasteiger partial charge is 0.398 e. The molecular formula is C14H23N3O2S. The molecule has 0 saturated heterocycles. The molecule has 2 rings (SSSR count). The van der Waals surface area contributed by atoms with E-state index in [9.17, 15) is 8.42 Å². The van der Waals surface area contributed by atoms with E-state index in [2.05, 4.69) is 9.62 Å². The van der Waals surface area contributed by atoms with Gasteiger partial charge < -0.3 is 10.6 Å². The fourth-order valence-corrected chi connectivity index (χ4v) is 4.10. The number of nitrogens with two attached hydrogens (primary N) is 1. The van der Waals surface area contributed by atoms with Crippen molar-refractivity contribution in [1.29, 1.82) is 0 Å². The van der Waals surface area contributed by atoms with Gasteiger partial charge in [0.05, 0.1) is 5.69 Å². The van der Waals surface area contributed by atoms with E-state index in [0.29, 0.717) is 6.54 Å². The predicted octanol–water partition coefficient (Wildman–Crippen LogP) is 1.42. The number of likely N-dealkylation sites (N-methyl/N-ethyl adjacent to an activating group) is 1. The highest BCUT2D eigenvalue weighted by atomic mass is 32.2. The SMILES string of the molecule is CN(C)C1(CNS(=O)(=O)c2ccccc2N)CCCC1. The smallest absolute Gasteiger partial charge is 0.242 e. The maximum Gasteiger partial charge on any atom is 0.242 e. The number of rotatable bonds is 5. The molecule has 3 N–H and O–H groups in total. The maximum absolute atomic E-state index is 12.4. The summed E-state index contributed by atoms with van der Waals surface area (Å²) in [5.41, 5.74) is 5.96. The van der Waals surface area contributed by atoms with Crippen LogP contribution in [0.25, 0.3) is 0 Å². The van der Waals surface area contributed by atoms with Crippen LogP contribution < -0.4 is 10.5 Å². The molecule has 0 aliphatic heterocycles. The van der Waals surface area contributed by atoms with Gasteiger partial charge in [-0.05, 0) is 39.1 Å². The van der Waals surface area contributed by atoms with Crippen molar-refractivity contribution in [3.8, 4) is 0 Å². The number of hydrogen-bond acceptors (Lipinski definition) is 4. The highest BCUT2D eigenvalue weighted by Crippen LogP contribution is 2.33. The molecule has 0 amide bonds. The fraction of sp³-hybridized carbons (Fsp3) is 0.571. The highest BCUT2D eigenvalue weighted by Gasteiger charge is 2.37. The number of sulfonamides is 1. The first-order valence-corrected chi connectivity index (χ1v) is 8.37. The molecule has 0 atom stereocenters. The van der Waals surface area contributed by atoms with Crippen molar-refractivity contribution in [1.82, 2.24) is 9.62 Å². The summed E-state index contributed by atoms with van der Waals surface area (Å²) in [5.74, 6) is 0. The Bertz CT molecular complexity index is 564. The van der Waals surface area contributed by atoms with Crippen molar-refractivity contribution in [3.63, 3.8) is 0 Å². The Hall–Kier alpha value is -1.11. The Morgan fingerprint density at radius 3 is 2.40 bits per heavy atom. The second kappa shape index (κ2) is 5.71. The molecule has 6 heteroatoms. The van der Waals surface area contributed by atoms with Crippen LogP contribution in [0.15, 0.2) is 29.2 Å². The van der Waals surface area contributed by atoms with Crippen LogP contribution in [0.3, 0.4) is 0 Å². The summed E-state index contributed by atoms with van der Waals surface area (Å²) in [6, 6.07) is 6.55. The van der Waals surface area contributed by atoms with Crippen LogP contribution in [0, 0.1) is 0 Å². The maximum atomic E-state index is 12.4. The van der Waals surface area contributed by atoms with Crippen molar-refractivity contribution in [2.75, 3.05) is 26.4 Å². The van der Waals surface area contributed by atoms with E-state index in [-0.39, 0.29) is 16.1 Å². The molecule has 112 valence electrons. The molecule has 0 spiro atoms. The lowest BCUT2D eigenvalue weighted by Gasteiger charge is -2.36. The molecule has 1 saturated carbocycles. The monoisotopic (exact) mass is 297 g/mol. The zero-order valence-corrected chi connectivity index (χ0v) is 12.9. The Labute approximate surface area is 121 Å². The normalized spacial score (nSPS) is 18.6. The molecule has 5 nitrogen and oxygen atoms in total. The van der Waals surface area contributed by atoms with Gasteiger partial charge in [0.25, 0.3) is 0 Å². The Balaban J connectivity index is 2.15. The zero-order valence-electron chi connectivity index (χ0n) is 12.1. The van der Waals surface area contributed by atoms with Crippen molar-refractivity contribution < 1.29 is 8.42 Å². The van der Waals surface area contributed by atoms with E-state index in [1.165, 1.54) is 6.07 Å². The summed E-state index contributed by atoms with van der Waals surface area (Å²) in [7, 11) is 0.469. The lowest BCUT2D eigenvalue weighted by Crippen LogP contribution is -2.50. The van der Waals surface area contributed by atoms with Gasteiger partial charge in [-0.15, -0.1) is 0 Å². The van der Waals surface area contributed by atoms with E-state index >= 15 is 0 Å². The number of nitrogens with zero attached hydrogens (tertiary/aromatic N) is 1. The Morgan fingerprint density at radius 1 is 1.25 bits per heavy atom. The fourth-order valence-electron chi connectivity index (χ4n) is 2.85. The summed E-state index contributed by atoms with van der Waals surface area (Å²) in [6.07, 6.45) is 4.33. The van der Waals surface area contributed by atoms with Gasteiger partial charge >= 0.3 is 0 Å². The topological polar surface area (TPSA) is 75.4 Å². The van der Waals surface area contributed by atoms with E-state index in [1.807, 2.05) is 14.1 Å². The van der Waals surface area contributed by atoms with Gasteiger partial charge in [-0.2, -0.15) is 0 Å². The molecule has 0 unspecified atom stereocenters. The first-order valence-electron chi connectivity index (χ1n) is 6.89. The van der Waals surface area contributed by atoms with Gasteiger partial charge in [0.1, 0.15) is 4.90 Å². The van der Waals surface area contributed by atoms with Crippen molar-refractivity contribution in [2.45, 2.75) is 36.1 Å². The molecule has 1 aliphatic rings. The molecule has 20 heavy (non-hydrogen) atoms. The summed E-state index contributed by atoms with van der Waals surface area (Å²) >= 11 is 0. The molecule has 1 fully saturated rings. The Kier molecular flexibility index (Phi) is 4.36. The third kappa shape index (κ3) is 2.97. The second-order valence-electron chi connectivity index (χ2n) is 5.69. The van der Waals surface area contributed by atoms with Gasteiger partial charge in [0.15, 0.2) is 0 Å².